The van der Waals surface area contributed by atoms with Gasteiger partial charge in [-0.3, -0.25) is 0 Å². The highest BCUT2D eigenvalue weighted by Gasteiger charge is 2.17. The van der Waals surface area contributed by atoms with Gasteiger partial charge < -0.3 is 14.8 Å². The average Bonchev–Trinajstić information content (AvgIpc) is 2.49. The molecule has 0 saturated carbocycles. The van der Waals surface area contributed by atoms with E-state index in [4.69, 9.17) is 9.47 Å². The zero-order valence-electron chi connectivity index (χ0n) is 12.0. The number of anilines is 1. The van der Waals surface area contributed by atoms with Crippen LogP contribution in [0.5, 0.6) is 0 Å². The lowest BCUT2D eigenvalue weighted by Gasteiger charge is -2.16. The highest BCUT2D eigenvalue weighted by atomic mass is 16.5. The predicted molar refractivity (Wildman–Crippen MR) is 77.6 cm³/mol. The summed E-state index contributed by atoms with van der Waals surface area (Å²) in [4.78, 5) is 9.00. The molecule has 106 valence electrons. The van der Waals surface area contributed by atoms with Gasteiger partial charge in [0, 0.05) is 27.3 Å². The second-order valence-electron chi connectivity index (χ2n) is 4.31. The maximum Gasteiger partial charge on any atom is 0.164 e. The Morgan fingerprint density at radius 2 is 1.90 bits per heavy atom. The van der Waals surface area contributed by atoms with E-state index >= 15 is 0 Å². The van der Waals surface area contributed by atoms with E-state index in [0.29, 0.717) is 12.4 Å². The van der Waals surface area contributed by atoms with Gasteiger partial charge in [0.2, 0.25) is 0 Å². The first-order chi connectivity index (χ1) is 9.78. The summed E-state index contributed by atoms with van der Waals surface area (Å²) < 4.78 is 10.7. The van der Waals surface area contributed by atoms with Crippen molar-refractivity contribution < 1.29 is 9.47 Å². The van der Waals surface area contributed by atoms with Crippen LogP contribution in [-0.2, 0) is 16.1 Å². The molecule has 0 saturated heterocycles. The van der Waals surface area contributed by atoms with Crippen LogP contribution in [0.25, 0.3) is 0 Å². The average molecular weight is 273 g/mol. The first kappa shape index (κ1) is 14.4. The van der Waals surface area contributed by atoms with E-state index in [1.54, 1.807) is 14.2 Å². The topological polar surface area (TPSA) is 56.3 Å². The van der Waals surface area contributed by atoms with E-state index in [2.05, 4.69) is 15.3 Å². The Morgan fingerprint density at radius 3 is 2.50 bits per heavy atom. The Bertz CT molecular complexity index is 546. The zero-order valence-corrected chi connectivity index (χ0v) is 12.0. The third kappa shape index (κ3) is 3.31. The zero-order chi connectivity index (χ0) is 14.4. The molecule has 1 heterocycles. The number of methoxy groups -OCH3 is 2. The third-order valence-corrected chi connectivity index (χ3v) is 2.92. The van der Waals surface area contributed by atoms with Gasteiger partial charge in [0.15, 0.2) is 5.82 Å². The van der Waals surface area contributed by atoms with Gasteiger partial charge in [0.1, 0.15) is 11.9 Å². The minimum atomic E-state index is -0.292. The smallest absolute Gasteiger partial charge is 0.164 e. The molecule has 0 fully saturated rings. The lowest BCUT2D eigenvalue weighted by molar-refractivity contribution is 0.127. The van der Waals surface area contributed by atoms with Crippen molar-refractivity contribution in [3.63, 3.8) is 0 Å². The molecule has 1 aromatic carbocycles. The fourth-order valence-electron chi connectivity index (χ4n) is 2.00. The molecule has 0 aliphatic carbocycles. The summed E-state index contributed by atoms with van der Waals surface area (Å²) in [6.45, 7) is 0.440. The molecule has 1 unspecified atom stereocenters. The van der Waals surface area contributed by atoms with Crippen LogP contribution in [0.2, 0.25) is 0 Å². The number of nitrogens with one attached hydrogen (secondary N) is 1. The highest BCUT2D eigenvalue weighted by Crippen LogP contribution is 2.23. The van der Waals surface area contributed by atoms with Crippen LogP contribution >= 0.6 is 0 Å². The Morgan fingerprint density at radius 1 is 1.15 bits per heavy atom. The molecule has 5 heteroatoms. The molecule has 0 aliphatic heterocycles. The molecule has 1 atom stereocenters. The normalized spacial score (nSPS) is 12.2. The number of ether oxygens (including phenoxy) is 2. The number of benzene rings is 1. The van der Waals surface area contributed by atoms with Crippen molar-refractivity contribution in [3.8, 4) is 0 Å². The Labute approximate surface area is 119 Å². The molecule has 0 spiro atoms. The van der Waals surface area contributed by atoms with Crippen LogP contribution in [0.1, 0.15) is 23.2 Å². The van der Waals surface area contributed by atoms with Gasteiger partial charge in [-0.25, -0.2) is 9.97 Å². The molecule has 0 amide bonds. The van der Waals surface area contributed by atoms with E-state index < -0.39 is 0 Å². The van der Waals surface area contributed by atoms with Crippen molar-refractivity contribution >= 4 is 5.82 Å². The van der Waals surface area contributed by atoms with Crippen molar-refractivity contribution in [1.29, 1.82) is 0 Å². The molecular weight excluding hydrogens is 254 g/mol. The Kier molecular flexibility index (Phi) is 5.03. The van der Waals surface area contributed by atoms with Gasteiger partial charge in [-0.15, -0.1) is 0 Å². The summed E-state index contributed by atoms with van der Waals surface area (Å²) in [6, 6.07) is 11.8. The number of nitrogens with zero attached hydrogens (tertiary/aromatic N) is 2. The quantitative estimate of drug-likeness (QED) is 0.876. The molecule has 20 heavy (non-hydrogen) atoms. The lowest BCUT2D eigenvalue weighted by Crippen LogP contribution is -2.12. The minimum Gasteiger partial charge on any atom is -0.378 e. The van der Waals surface area contributed by atoms with Crippen LogP contribution in [-0.4, -0.2) is 31.2 Å². The number of hydrogen-bond donors (Lipinski definition) is 1. The van der Waals surface area contributed by atoms with Gasteiger partial charge in [0.05, 0.1) is 12.3 Å². The van der Waals surface area contributed by atoms with Crippen LogP contribution in [0.15, 0.2) is 36.4 Å². The fourth-order valence-corrected chi connectivity index (χ4v) is 2.00. The van der Waals surface area contributed by atoms with E-state index in [0.717, 1.165) is 17.1 Å². The van der Waals surface area contributed by atoms with Crippen LogP contribution in [0.4, 0.5) is 5.82 Å². The predicted octanol–water partition coefficient (Wildman–Crippen LogP) is 2.40. The molecule has 2 aromatic rings. The molecule has 0 bridgehead atoms. The van der Waals surface area contributed by atoms with E-state index in [1.807, 2.05) is 43.4 Å². The van der Waals surface area contributed by atoms with E-state index in [1.165, 1.54) is 0 Å². The Hall–Kier alpha value is -1.98. The monoisotopic (exact) mass is 273 g/mol. The third-order valence-electron chi connectivity index (χ3n) is 2.92. The maximum absolute atomic E-state index is 5.56. The van der Waals surface area contributed by atoms with Gasteiger partial charge in [-0.05, 0) is 5.56 Å². The van der Waals surface area contributed by atoms with Crippen LogP contribution in [0, 0.1) is 0 Å². The van der Waals surface area contributed by atoms with Gasteiger partial charge in [0.25, 0.3) is 0 Å². The molecule has 5 nitrogen and oxygen atoms in total. The maximum atomic E-state index is 5.56. The minimum absolute atomic E-state index is 0.292. The molecule has 0 aliphatic rings. The lowest BCUT2D eigenvalue weighted by atomic mass is 10.1. The van der Waals surface area contributed by atoms with Crippen molar-refractivity contribution in [2.45, 2.75) is 12.7 Å². The SMILES string of the molecule is CNc1cc(COC)nc(C(OC)c2ccccc2)n1. The number of aromatic nitrogens is 2. The summed E-state index contributed by atoms with van der Waals surface area (Å²) in [6.07, 6.45) is -0.292. The second-order valence-corrected chi connectivity index (χ2v) is 4.31. The molecule has 1 N–H and O–H groups in total. The summed E-state index contributed by atoms with van der Waals surface area (Å²) in [5.74, 6) is 1.37. The molecule has 0 radical (unpaired) electrons. The van der Waals surface area contributed by atoms with E-state index in [-0.39, 0.29) is 6.10 Å². The summed E-state index contributed by atoms with van der Waals surface area (Å²) >= 11 is 0. The van der Waals surface area contributed by atoms with Gasteiger partial charge >= 0.3 is 0 Å². The number of hydrogen-bond acceptors (Lipinski definition) is 5. The van der Waals surface area contributed by atoms with Crippen LogP contribution in [0.3, 0.4) is 0 Å². The van der Waals surface area contributed by atoms with Crippen molar-refractivity contribution in [3.05, 3.63) is 53.5 Å². The standard InChI is InChI=1S/C15H19N3O2/c1-16-13-9-12(10-19-2)17-15(18-13)14(20-3)11-7-5-4-6-8-11/h4-9,14H,10H2,1-3H3,(H,16,17,18). The van der Waals surface area contributed by atoms with Crippen LogP contribution < -0.4 is 5.32 Å². The largest absolute Gasteiger partial charge is 0.378 e. The first-order valence-electron chi connectivity index (χ1n) is 6.40. The summed E-state index contributed by atoms with van der Waals surface area (Å²) in [7, 11) is 5.13. The van der Waals surface area contributed by atoms with Crippen molar-refractivity contribution in [2.24, 2.45) is 0 Å². The summed E-state index contributed by atoms with van der Waals surface area (Å²) in [5.41, 5.74) is 1.84. The van der Waals surface area contributed by atoms with Gasteiger partial charge in [-0.2, -0.15) is 0 Å². The van der Waals surface area contributed by atoms with Crippen molar-refractivity contribution in [1.82, 2.24) is 9.97 Å². The van der Waals surface area contributed by atoms with Gasteiger partial charge in [-0.1, -0.05) is 30.3 Å². The van der Waals surface area contributed by atoms with E-state index in [9.17, 15) is 0 Å². The molecular formula is C15H19N3O2. The van der Waals surface area contributed by atoms with Crippen molar-refractivity contribution in [2.75, 3.05) is 26.6 Å². The Balaban J connectivity index is 2.40. The second kappa shape index (κ2) is 6.98. The summed E-state index contributed by atoms with van der Waals surface area (Å²) in [5, 5.41) is 3.03. The fraction of sp³-hybridized carbons (Fsp3) is 0.333. The molecule has 1 aromatic heterocycles. The number of rotatable bonds is 6. The highest BCUT2D eigenvalue weighted by molar-refractivity contribution is 5.36. The molecule has 2 rings (SSSR count). The first-order valence-corrected chi connectivity index (χ1v) is 6.40.